The van der Waals surface area contributed by atoms with Gasteiger partial charge < -0.3 is 20.9 Å². The van der Waals surface area contributed by atoms with Crippen LogP contribution in [0.5, 0.6) is 0 Å². The molecule has 6 rings (SSSR count). The predicted molar refractivity (Wildman–Crippen MR) is 179 cm³/mol. The molecule has 234 valence electrons. The fourth-order valence-electron chi connectivity index (χ4n) is 6.19. The molecule has 4 aromatic carbocycles. The van der Waals surface area contributed by atoms with Crippen molar-refractivity contribution in [1.82, 2.24) is 25.1 Å². The number of rotatable bonds is 8. The fourth-order valence-corrected chi connectivity index (χ4v) is 6.51. The predicted octanol–water partition coefficient (Wildman–Crippen LogP) is 4.91. The van der Waals surface area contributed by atoms with Gasteiger partial charge in [0, 0.05) is 25.2 Å². The molecule has 3 N–H and O–H groups in total. The molecule has 2 aliphatic rings. The van der Waals surface area contributed by atoms with E-state index in [0.717, 1.165) is 27.5 Å². The average Bonchev–Trinajstić information content (AvgIpc) is 3.38. The summed E-state index contributed by atoms with van der Waals surface area (Å²) in [6.45, 7) is 0.500. The van der Waals surface area contributed by atoms with Crippen molar-refractivity contribution in [2.24, 2.45) is 0 Å². The second kappa shape index (κ2) is 13.3. The van der Waals surface area contributed by atoms with Crippen LogP contribution in [-0.2, 0) is 29.1 Å². The summed E-state index contributed by atoms with van der Waals surface area (Å²) in [7, 11) is 0. The molecular formula is C35H32Cl2N6O3. The van der Waals surface area contributed by atoms with Crippen LogP contribution in [0.25, 0.3) is 10.8 Å². The quantitative estimate of drug-likeness (QED) is 0.208. The number of nitrogens with two attached hydrogens (primary N) is 1. The van der Waals surface area contributed by atoms with Gasteiger partial charge in [-0.05, 0) is 51.7 Å². The fraction of sp³-hybridized carbons (Fsp3) is 0.229. The van der Waals surface area contributed by atoms with Crippen LogP contribution < -0.4 is 11.1 Å². The maximum absolute atomic E-state index is 14.2. The number of nitrogen functional groups attached to an aromatic ring is 1. The molecule has 2 saturated heterocycles. The van der Waals surface area contributed by atoms with Crippen LogP contribution >= 0.6 is 23.2 Å². The van der Waals surface area contributed by atoms with Gasteiger partial charge in [-0.3, -0.25) is 9.59 Å². The van der Waals surface area contributed by atoms with E-state index >= 15 is 0 Å². The molecule has 0 unspecified atom stereocenters. The van der Waals surface area contributed by atoms with Gasteiger partial charge in [-0.25, -0.2) is 9.80 Å². The van der Waals surface area contributed by atoms with Crippen molar-refractivity contribution in [2.45, 2.75) is 31.7 Å². The van der Waals surface area contributed by atoms with Crippen molar-refractivity contribution in [2.75, 3.05) is 25.4 Å². The first kappa shape index (κ1) is 31.2. The Morgan fingerprint density at radius 1 is 0.978 bits per heavy atom. The standard InChI is InChI=1S/C35H32Cl2N6O3/c1-2-16-41(35(46)39-19-24-12-15-29(36)30(37)17-24)42-22-33(44)43-31(18-23-10-13-27(38)14-11-23)34(45)40(21-32(42)43)20-26-8-5-7-25-6-3-4-9-28(25)26/h1,3-15,17,31-32H,16,18-22,38H2,(H,39,46)/t31-,32+/m0/s1. The minimum Gasteiger partial charge on any atom is -0.399 e. The topological polar surface area (TPSA) is 102 Å². The lowest BCUT2D eigenvalue weighted by atomic mass is 9.99. The molecule has 0 radical (unpaired) electrons. The molecule has 0 saturated carbocycles. The second-order valence-electron chi connectivity index (χ2n) is 11.4. The van der Waals surface area contributed by atoms with Gasteiger partial charge in [0.25, 0.3) is 0 Å². The Labute approximate surface area is 277 Å². The number of hydrogen-bond donors (Lipinski definition) is 2. The monoisotopic (exact) mass is 654 g/mol. The lowest BCUT2D eigenvalue weighted by molar-refractivity contribution is -0.157. The lowest BCUT2D eigenvalue weighted by Gasteiger charge is -2.46. The number of urea groups is 1. The molecule has 2 fully saturated rings. The number of carbonyl (C=O) groups is 3. The maximum atomic E-state index is 14.2. The van der Waals surface area contributed by atoms with Crippen LogP contribution in [0.4, 0.5) is 10.5 Å². The third kappa shape index (κ3) is 6.33. The SMILES string of the molecule is C#CCN(C(=O)NCc1ccc(Cl)c(Cl)c1)N1CC(=O)N2[C@@H](Cc3ccc(N)cc3)C(=O)N(Cc3cccc4ccccc34)C[C@@H]21. The van der Waals surface area contributed by atoms with Crippen molar-refractivity contribution in [3.63, 3.8) is 0 Å². The number of nitrogens with zero attached hydrogens (tertiary/aromatic N) is 4. The molecule has 11 heteroatoms. The van der Waals surface area contributed by atoms with Crippen LogP contribution in [0.1, 0.15) is 16.7 Å². The van der Waals surface area contributed by atoms with Gasteiger partial charge in [0.05, 0.1) is 29.7 Å². The van der Waals surface area contributed by atoms with Gasteiger partial charge in [0.15, 0.2) is 0 Å². The number of piperazine rings is 1. The number of carbonyl (C=O) groups excluding carboxylic acids is 3. The van der Waals surface area contributed by atoms with Gasteiger partial charge in [-0.2, -0.15) is 5.01 Å². The smallest absolute Gasteiger partial charge is 0.333 e. The van der Waals surface area contributed by atoms with E-state index in [2.05, 4.69) is 11.2 Å². The number of hydrogen-bond acceptors (Lipinski definition) is 5. The number of fused-ring (bicyclic) bond motifs is 2. The number of amides is 4. The van der Waals surface area contributed by atoms with Crippen molar-refractivity contribution in [3.8, 4) is 12.3 Å². The molecule has 4 aromatic rings. The molecule has 4 amide bonds. The van der Waals surface area contributed by atoms with E-state index in [9.17, 15) is 14.4 Å². The molecule has 0 aromatic heterocycles. The van der Waals surface area contributed by atoms with Crippen molar-refractivity contribution in [1.29, 1.82) is 0 Å². The second-order valence-corrected chi connectivity index (χ2v) is 12.2. The number of terminal acetylenes is 1. The van der Waals surface area contributed by atoms with Gasteiger partial charge in [0.2, 0.25) is 11.8 Å². The number of nitrogens with one attached hydrogen (secondary N) is 1. The summed E-state index contributed by atoms with van der Waals surface area (Å²) >= 11 is 12.2. The zero-order valence-corrected chi connectivity index (χ0v) is 26.4. The van der Waals surface area contributed by atoms with Gasteiger partial charge in [-0.15, -0.1) is 6.42 Å². The Kier molecular flexibility index (Phi) is 9.04. The van der Waals surface area contributed by atoms with E-state index in [1.807, 2.05) is 54.6 Å². The molecular weight excluding hydrogens is 623 g/mol. The van der Waals surface area contributed by atoms with E-state index in [-0.39, 0.29) is 38.0 Å². The van der Waals surface area contributed by atoms with Crippen LogP contribution in [0.2, 0.25) is 10.0 Å². The number of halogens is 2. The van der Waals surface area contributed by atoms with E-state index in [4.69, 9.17) is 35.4 Å². The summed E-state index contributed by atoms with van der Waals surface area (Å²) in [6.07, 6.45) is 5.39. The Bertz CT molecular complexity index is 1840. The van der Waals surface area contributed by atoms with E-state index in [1.54, 1.807) is 45.1 Å². The Morgan fingerprint density at radius 3 is 2.48 bits per heavy atom. The van der Waals surface area contributed by atoms with Crippen LogP contribution in [-0.4, -0.2) is 69.5 Å². The summed E-state index contributed by atoms with van der Waals surface area (Å²) in [5.41, 5.74) is 9.12. The highest BCUT2D eigenvalue weighted by atomic mass is 35.5. The van der Waals surface area contributed by atoms with Gasteiger partial charge >= 0.3 is 6.03 Å². The summed E-state index contributed by atoms with van der Waals surface area (Å²) < 4.78 is 0. The summed E-state index contributed by atoms with van der Waals surface area (Å²) in [5.74, 6) is 2.13. The summed E-state index contributed by atoms with van der Waals surface area (Å²) in [4.78, 5) is 44.9. The normalized spacial score (nSPS) is 18.0. The van der Waals surface area contributed by atoms with Crippen molar-refractivity contribution < 1.29 is 14.4 Å². The lowest BCUT2D eigenvalue weighted by Crippen LogP contribution is -2.66. The van der Waals surface area contributed by atoms with E-state index in [1.165, 1.54) is 5.01 Å². The first-order valence-electron chi connectivity index (χ1n) is 14.8. The first-order chi connectivity index (χ1) is 22.2. The third-order valence-electron chi connectivity index (χ3n) is 8.43. The van der Waals surface area contributed by atoms with Crippen molar-refractivity contribution in [3.05, 3.63) is 112 Å². The van der Waals surface area contributed by atoms with E-state index < -0.39 is 18.2 Å². The van der Waals surface area contributed by atoms with Crippen LogP contribution in [0.3, 0.4) is 0 Å². The molecule has 0 aliphatic carbocycles. The molecule has 2 heterocycles. The minimum absolute atomic E-state index is 0.0786. The van der Waals surface area contributed by atoms with Crippen molar-refractivity contribution >= 4 is 57.5 Å². The number of benzene rings is 4. The first-order valence-corrected chi connectivity index (χ1v) is 15.6. The average molecular weight is 656 g/mol. The molecule has 2 atom stereocenters. The molecule has 0 spiro atoms. The Morgan fingerprint density at radius 2 is 1.72 bits per heavy atom. The largest absolute Gasteiger partial charge is 0.399 e. The molecule has 2 aliphatic heterocycles. The molecule has 9 nitrogen and oxygen atoms in total. The highest BCUT2D eigenvalue weighted by Crippen LogP contribution is 2.31. The Balaban J connectivity index is 1.31. The zero-order valence-electron chi connectivity index (χ0n) is 24.9. The highest BCUT2D eigenvalue weighted by Gasteiger charge is 2.52. The maximum Gasteiger partial charge on any atom is 0.333 e. The van der Waals surface area contributed by atoms with Crippen LogP contribution in [0.15, 0.2) is 84.9 Å². The zero-order chi connectivity index (χ0) is 32.4. The summed E-state index contributed by atoms with van der Waals surface area (Å²) in [5, 5.41) is 8.82. The van der Waals surface area contributed by atoms with E-state index in [0.29, 0.717) is 28.7 Å². The highest BCUT2D eigenvalue weighted by molar-refractivity contribution is 6.42. The number of hydrazine groups is 1. The van der Waals surface area contributed by atoms with Gasteiger partial charge in [0.1, 0.15) is 12.2 Å². The Hall–Kier alpha value is -4.75. The molecule has 0 bridgehead atoms. The van der Waals surface area contributed by atoms with Gasteiger partial charge in [-0.1, -0.05) is 89.8 Å². The number of anilines is 1. The molecule has 46 heavy (non-hydrogen) atoms. The third-order valence-corrected chi connectivity index (χ3v) is 9.17. The summed E-state index contributed by atoms with van der Waals surface area (Å²) in [6, 6.07) is 25.2. The van der Waals surface area contributed by atoms with Crippen LogP contribution in [0, 0.1) is 12.3 Å². The minimum atomic E-state index is -0.790.